The predicted molar refractivity (Wildman–Crippen MR) is 119 cm³/mol. The van der Waals surface area contributed by atoms with E-state index in [0.29, 0.717) is 12.1 Å². The molecule has 2 unspecified atom stereocenters. The van der Waals surface area contributed by atoms with Crippen LogP contribution in [0.5, 0.6) is 0 Å². The molecule has 3 nitrogen and oxygen atoms in total. The Kier molecular flexibility index (Phi) is 7.38. The summed E-state index contributed by atoms with van der Waals surface area (Å²) in [6.07, 6.45) is -0.853. The van der Waals surface area contributed by atoms with Crippen LogP contribution in [0.15, 0.2) is 78.9 Å². The zero-order chi connectivity index (χ0) is 21.6. The highest BCUT2D eigenvalue weighted by atomic mass is 19.1. The van der Waals surface area contributed by atoms with Crippen LogP contribution in [0.1, 0.15) is 25.0 Å². The van der Waals surface area contributed by atoms with E-state index in [-0.39, 0.29) is 24.7 Å². The van der Waals surface area contributed by atoms with E-state index in [4.69, 9.17) is 0 Å². The quantitative estimate of drug-likeness (QED) is 0.487. The second-order valence-corrected chi connectivity index (χ2v) is 8.12. The van der Waals surface area contributed by atoms with Crippen LogP contribution in [-0.4, -0.2) is 28.5 Å². The summed E-state index contributed by atoms with van der Waals surface area (Å²) < 4.78 is 14.1. The lowest BCUT2D eigenvalue weighted by Crippen LogP contribution is -2.53. The fourth-order valence-electron chi connectivity index (χ4n) is 3.75. The molecule has 2 atom stereocenters. The molecule has 0 saturated carbocycles. The molecule has 0 aliphatic heterocycles. The summed E-state index contributed by atoms with van der Waals surface area (Å²) in [5.74, 6) is -0.578. The molecule has 0 heterocycles. The van der Waals surface area contributed by atoms with E-state index in [1.165, 1.54) is 12.1 Å². The molecule has 3 N–H and O–H groups in total. The van der Waals surface area contributed by atoms with Gasteiger partial charge in [0.2, 0.25) is 0 Å². The molecule has 0 aliphatic rings. The average molecular weight is 408 g/mol. The molecule has 0 aliphatic carbocycles. The Bertz CT molecular complexity index is 930. The molecule has 3 aromatic rings. The maximum atomic E-state index is 14.1. The van der Waals surface area contributed by atoms with Gasteiger partial charge in [0.1, 0.15) is 5.82 Å². The van der Waals surface area contributed by atoms with Crippen LogP contribution >= 0.6 is 0 Å². The van der Waals surface area contributed by atoms with Crippen molar-refractivity contribution in [2.45, 2.75) is 38.5 Å². The highest BCUT2D eigenvalue weighted by molar-refractivity contribution is 5.67. The van der Waals surface area contributed by atoms with Crippen LogP contribution in [0, 0.1) is 11.7 Å². The Hall–Kier alpha value is -2.53. The first-order valence-electron chi connectivity index (χ1n) is 10.4. The summed E-state index contributed by atoms with van der Waals surface area (Å²) in [6, 6.07) is 24.2. The summed E-state index contributed by atoms with van der Waals surface area (Å²) in [6.45, 7) is 4.59. The Morgan fingerprint density at radius 3 is 2.20 bits per heavy atom. The van der Waals surface area contributed by atoms with Crippen LogP contribution in [0.3, 0.4) is 0 Å². The number of aliphatic hydroxyl groups is 2. The van der Waals surface area contributed by atoms with E-state index >= 15 is 0 Å². The normalized spacial score (nSPS) is 14.5. The van der Waals surface area contributed by atoms with E-state index in [0.717, 1.165) is 16.7 Å². The zero-order valence-corrected chi connectivity index (χ0v) is 17.6. The first-order chi connectivity index (χ1) is 14.4. The molecule has 0 saturated heterocycles. The topological polar surface area (TPSA) is 52.5 Å². The van der Waals surface area contributed by atoms with Gasteiger partial charge < -0.3 is 15.5 Å². The highest BCUT2D eigenvalue weighted by Gasteiger charge is 2.39. The van der Waals surface area contributed by atoms with Gasteiger partial charge in [0, 0.05) is 19.5 Å². The van der Waals surface area contributed by atoms with Crippen molar-refractivity contribution >= 4 is 0 Å². The third-order valence-corrected chi connectivity index (χ3v) is 5.71. The third-order valence-electron chi connectivity index (χ3n) is 5.71. The van der Waals surface area contributed by atoms with Gasteiger partial charge in [-0.1, -0.05) is 80.6 Å². The van der Waals surface area contributed by atoms with E-state index < -0.39 is 11.7 Å². The minimum Gasteiger partial charge on any atom is -0.389 e. The number of rotatable bonds is 9. The highest BCUT2D eigenvalue weighted by Crippen LogP contribution is 2.32. The van der Waals surface area contributed by atoms with Gasteiger partial charge in [-0.2, -0.15) is 0 Å². The molecular formula is C26H30FNO2. The van der Waals surface area contributed by atoms with E-state index in [1.807, 2.05) is 74.5 Å². The molecule has 0 radical (unpaired) electrons. The summed E-state index contributed by atoms with van der Waals surface area (Å²) in [5, 5.41) is 25.6. The lowest BCUT2D eigenvalue weighted by molar-refractivity contribution is -0.103. The molecule has 4 heteroatoms. The van der Waals surface area contributed by atoms with Crippen molar-refractivity contribution in [2.75, 3.05) is 6.54 Å². The van der Waals surface area contributed by atoms with Crippen molar-refractivity contribution in [3.05, 3.63) is 95.8 Å². The summed E-state index contributed by atoms with van der Waals surface area (Å²) in [4.78, 5) is 0. The minimum atomic E-state index is -1.40. The molecule has 30 heavy (non-hydrogen) atoms. The van der Waals surface area contributed by atoms with Gasteiger partial charge in [0.25, 0.3) is 0 Å². The van der Waals surface area contributed by atoms with Gasteiger partial charge in [-0.25, -0.2) is 4.39 Å². The van der Waals surface area contributed by atoms with Gasteiger partial charge >= 0.3 is 0 Å². The zero-order valence-electron chi connectivity index (χ0n) is 17.6. The van der Waals surface area contributed by atoms with Crippen LogP contribution in [0.25, 0.3) is 11.1 Å². The van der Waals surface area contributed by atoms with Gasteiger partial charge in [-0.3, -0.25) is 0 Å². The van der Waals surface area contributed by atoms with Gasteiger partial charge in [-0.05, 0) is 40.3 Å². The number of halogens is 1. The Morgan fingerprint density at radius 2 is 1.57 bits per heavy atom. The first kappa shape index (κ1) is 22.2. The summed E-state index contributed by atoms with van der Waals surface area (Å²) in [5.41, 5.74) is 2.20. The lowest BCUT2D eigenvalue weighted by Gasteiger charge is -2.37. The molecule has 0 bridgehead atoms. The molecule has 0 fully saturated rings. The summed E-state index contributed by atoms with van der Waals surface area (Å²) >= 11 is 0. The molecule has 0 spiro atoms. The number of aliphatic hydroxyl groups excluding tert-OH is 1. The fourth-order valence-corrected chi connectivity index (χ4v) is 3.75. The maximum Gasteiger partial charge on any atom is 0.123 e. The van der Waals surface area contributed by atoms with Crippen LogP contribution in [-0.2, 0) is 13.0 Å². The van der Waals surface area contributed by atoms with E-state index in [2.05, 4.69) is 5.32 Å². The molecular weight excluding hydrogens is 377 g/mol. The van der Waals surface area contributed by atoms with E-state index in [1.54, 1.807) is 6.07 Å². The van der Waals surface area contributed by atoms with Gasteiger partial charge in [-0.15, -0.1) is 0 Å². The van der Waals surface area contributed by atoms with Crippen molar-refractivity contribution in [1.29, 1.82) is 0 Å². The monoisotopic (exact) mass is 407 g/mol. The Labute approximate surface area is 178 Å². The van der Waals surface area contributed by atoms with Crippen molar-refractivity contribution in [2.24, 2.45) is 5.92 Å². The summed E-state index contributed by atoms with van der Waals surface area (Å²) in [7, 11) is 0. The third kappa shape index (κ3) is 5.33. The predicted octanol–water partition coefficient (Wildman–Crippen LogP) is 4.57. The van der Waals surface area contributed by atoms with Gasteiger partial charge in [0.05, 0.1) is 11.7 Å². The van der Waals surface area contributed by atoms with Gasteiger partial charge in [0.15, 0.2) is 0 Å². The first-order valence-corrected chi connectivity index (χ1v) is 10.4. The van der Waals surface area contributed by atoms with Crippen molar-refractivity contribution in [1.82, 2.24) is 5.32 Å². The molecule has 0 amide bonds. The standard InChI is InChI=1S/C26H30FNO2/c1-19(2)26(30,25(29)18-28-17-20-9-5-3-6-10-20)16-22-15-23(27)13-14-24(22)21-11-7-4-8-12-21/h3-15,19,25,28-30H,16-18H2,1-2H3. The SMILES string of the molecule is CC(C)C(O)(Cc1cc(F)ccc1-c1ccccc1)C(O)CNCc1ccccc1. The largest absolute Gasteiger partial charge is 0.389 e. The number of hydrogen-bond donors (Lipinski definition) is 3. The number of benzene rings is 3. The van der Waals surface area contributed by atoms with Crippen LogP contribution < -0.4 is 5.32 Å². The van der Waals surface area contributed by atoms with E-state index in [9.17, 15) is 14.6 Å². The Balaban J connectivity index is 1.79. The van der Waals surface area contributed by atoms with Crippen molar-refractivity contribution < 1.29 is 14.6 Å². The average Bonchev–Trinajstić information content (AvgIpc) is 2.75. The molecule has 0 aromatic heterocycles. The smallest absolute Gasteiger partial charge is 0.123 e. The molecule has 3 aromatic carbocycles. The second kappa shape index (κ2) is 9.98. The maximum absolute atomic E-state index is 14.1. The fraction of sp³-hybridized carbons (Fsp3) is 0.308. The molecule has 3 rings (SSSR count). The lowest BCUT2D eigenvalue weighted by atomic mass is 9.78. The van der Waals surface area contributed by atoms with Crippen molar-refractivity contribution in [3.8, 4) is 11.1 Å². The number of hydrogen-bond acceptors (Lipinski definition) is 3. The second-order valence-electron chi connectivity index (χ2n) is 8.12. The number of nitrogens with one attached hydrogen (secondary N) is 1. The Morgan fingerprint density at radius 1 is 0.933 bits per heavy atom. The van der Waals surface area contributed by atoms with Crippen LogP contribution in [0.2, 0.25) is 0 Å². The van der Waals surface area contributed by atoms with Crippen molar-refractivity contribution in [3.63, 3.8) is 0 Å². The minimum absolute atomic E-state index is 0.154. The molecule has 158 valence electrons. The van der Waals surface area contributed by atoms with Crippen LogP contribution in [0.4, 0.5) is 4.39 Å².